The van der Waals surface area contributed by atoms with E-state index in [0.29, 0.717) is 0 Å². The second-order valence-electron chi connectivity index (χ2n) is 5.99. The number of imide groups is 1. The Balaban J connectivity index is 1.68. The Kier molecular flexibility index (Phi) is 3.95. The molecule has 2 fully saturated rings. The smallest absolute Gasteiger partial charge is 0.252 e. The summed E-state index contributed by atoms with van der Waals surface area (Å²) in [5, 5.41) is 3.21. The minimum absolute atomic E-state index is 0.0189. The van der Waals surface area contributed by atoms with Crippen molar-refractivity contribution in [2.45, 2.75) is 57.5 Å². The first-order valence-electron chi connectivity index (χ1n) is 7.90. The average molecular weight is 286 g/mol. The van der Waals surface area contributed by atoms with Gasteiger partial charge in [-0.15, -0.1) is 0 Å². The van der Waals surface area contributed by atoms with Crippen molar-refractivity contribution in [1.82, 2.24) is 4.90 Å². The number of likely N-dealkylation sites (tertiary alicyclic amines) is 1. The molecule has 0 bridgehead atoms. The Morgan fingerprint density at radius 1 is 1.14 bits per heavy atom. The molecule has 1 aliphatic heterocycles. The lowest BCUT2D eigenvalue weighted by atomic mass is 10.1. The zero-order valence-electron chi connectivity index (χ0n) is 12.5. The summed E-state index contributed by atoms with van der Waals surface area (Å²) >= 11 is 0. The maximum atomic E-state index is 12.5. The predicted octanol–water partition coefficient (Wildman–Crippen LogP) is 2.73. The van der Waals surface area contributed by atoms with Gasteiger partial charge in [-0.25, -0.2) is 0 Å². The third-order valence-corrected chi connectivity index (χ3v) is 4.58. The molecule has 2 aliphatic rings. The number of anilines is 1. The summed E-state index contributed by atoms with van der Waals surface area (Å²) in [5.74, 6) is -0.0685. The van der Waals surface area contributed by atoms with Crippen LogP contribution in [-0.4, -0.2) is 28.8 Å². The molecule has 1 saturated heterocycles. The Bertz CT molecular complexity index is 532. The normalized spacial score (nSPS) is 23.1. The van der Waals surface area contributed by atoms with Crippen molar-refractivity contribution >= 4 is 17.5 Å². The monoisotopic (exact) mass is 286 g/mol. The van der Waals surface area contributed by atoms with Crippen molar-refractivity contribution in [2.24, 2.45) is 0 Å². The van der Waals surface area contributed by atoms with Crippen molar-refractivity contribution in [3.05, 3.63) is 29.8 Å². The number of carbonyl (C=O) groups is 2. The van der Waals surface area contributed by atoms with Crippen molar-refractivity contribution < 1.29 is 9.59 Å². The molecule has 2 amide bonds. The van der Waals surface area contributed by atoms with E-state index in [4.69, 9.17) is 0 Å². The molecule has 1 aromatic carbocycles. The van der Waals surface area contributed by atoms with Crippen LogP contribution >= 0.6 is 0 Å². The molecule has 1 heterocycles. The molecule has 4 nitrogen and oxygen atoms in total. The predicted molar refractivity (Wildman–Crippen MR) is 82.0 cm³/mol. The SMILES string of the molecule is CCc1ccc(NC2CC(=O)N(C3CCCC3)C2=O)cc1. The summed E-state index contributed by atoms with van der Waals surface area (Å²) in [6.07, 6.45) is 5.46. The zero-order chi connectivity index (χ0) is 14.8. The van der Waals surface area contributed by atoms with Crippen LogP contribution in [-0.2, 0) is 16.0 Å². The van der Waals surface area contributed by atoms with E-state index < -0.39 is 6.04 Å². The Morgan fingerprint density at radius 3 is 2.43 bits per heavy atom. The molecule has 0 aromatic heterocycles. The van der Waals surface area contributed by atoms with Crippen molar-refractivity contribution in [2.75, 3.05) is 5.32 Å². The van der Waals surface area contributed by atoms with Gasteiger partial charge in [0.05, 0.1) is 6.42 Å². The second-order valence-corrected chi connectivity index (χ2v) is 5.99. The molecule has 1 unspecified atom stereocenters. The summed E-state index contributed by atoms with van der Waals surface area (Å²) in [7, 11) is 0. The lowest BCUT2D eigenvalue weighted by Gasteiger charge is -2.22. The topological polar surface area (TPSA) is 49.4 Å². The fourth-order valence-corrected chi connectivity index (χ4v) is 3.35. The molecule has 1 aliphatic carbocycles. The molecule has 0 spiro atoms. The molecule has 21 heavy (non-hydrogen) atoms. The van der Waals surface area contributed by atoms with Crippen LogP contribution in [0, 0.1) is 0 Å². The van der Waals surface area contributed by atoms with Crippen LogP contribution < -0.4 is 5.32 Å². The van der Waals surface area contributed by atoms with Gasteiger partial charge in [0.2, 0.25) is 5.91 Å². The number of hydrogen-bond donors (Lipinski definition) is 1. The Labute approximate surface area is 125 Å². The van der Waals surface area contributed by atoms with Crippen molar-refractivity contribution in [3.8, 4) is 0 Å². The number of aryl methyl sites for hydroxylation is 1. The third-order valence-electron chi connectivity index (χ3n) is 4.58. The molecule has 112 valence electrons. The number of benzene rings is 1. The van der Waals surface area contributed by atoms with Gasteiger partial charge < -0.3 is 5.32 Å². The standard InChI is InChI=1S/C17H22N2O2/c1-2-12-7-9-13(10-8-12)18-15-11-16(20)19(17(15)21)14-5-3-4-6-14/h7-10,14-15,18H,2-6,11H2,1H3. The first kappa shape index (κ1) is 14.1. The van der Waals surface area contributed by atoms with Crippen LogP contribution in [0.5, 0.6) is 0 Å². The number of rotatable bonds is 4. The van der Waals surface area contributed by atoms with Gasteiger partial charge in [0.15, 0.2) is 0 Å². The van der Waals surface area contributed by atoms with Crippen LogP contribution in [0.3, 0.4) is 0 Å². The highest BCUT2D eigenvalue weighted by Crippen LogP contribution is 2.29. The van der Waals surface area contributed by atoms with E-state index >= 15 is 0 Å². The Hall–Kier alpha value is -1.84. The molecular formula is C17H22N2O2. The molecule has 1 saturated carbocycles. The molecule has 1 atom stereocenters. The van der Waals surface area contributed by atoms with Gasteiger partial charge >= 0.3 is 0 Å². The van der Waals surface area contributed by atoms with E-state index in [2.05, 4.69) is 24.4 Å². The third kappa shape index (κ3) is 2.80. The molecule has 3 rings (SSSR count). The van der Waals surface area contributed by atoms with Crippen LogP contribution in [0.4, 0.5) is 5.69 Å². The fraction of sp³-hybridized carbons (Fsp3) is 0.529. The van der Waals surface area contributed by atoms with Crippen molar-refractivity contribution in [1.29, 1.82) is 0 Å². The van der Waals surface area contributed by atoms with Gasteiger partial charge in [0.25, 0.3) is 5.91 Å². The van der Waals surface area contributed by atoms with Gasteiger partial charge in [-0.1, -0.05) is 31.9 Å². The van der Waals surface area contributed by atoms with Gasteiger partial charge in [0, 0.05) is 11.7 Å². The highest BCUT2D eigenvalue weighted by molar-refractivity contribution is 6.07. The molecule has 0 radical (unpaired) electrons. The van der Waals surface area contributed by atoms with E-state index in [1.165, 1.54) is 10.5 Å². The average Bonchev–Trinajstić information content (AvgIpc) is 3.09. The first-order chi connectivity index (χ1) is 10.2. The Morgan fingerprint density at radius 2 is 1.81 bits per heavy atom. The molecule has 1 aromatic rings. The van der Waals surface area contributed by atoms with Gasteiger partial charge in [-0.2, -0.15) is 0 Å². The van der Waals surface area contributed by atoms with E-state index in [0.717, 1.165) is 37.8 Å². The largest absolute Gasteiger partial charge is 0.373 e. The van der Waals surface area contributed by atoms with E-state index in [-0.39, 0.29) is 24.3 Å². The minimum Gasteiger partial charge on any atom is -0.373 e. The van der Waals surface area contributed by atoms with Crippen molar-refractivity contribution in [3.63, 3.8) is 0 Å². The summed E-state index contributed by atoms with van der Waals surface area (Å²) < 4.78 is 0. The maximum absolute atomic E-state index is 12.5. The molecular weight excluding hydrogens is 264 g/mol. The summed E-state index contributed by atoms with van der Waals surface area (Å²) in [4.78, 5) is 26.1. The summed E-state index contributed by atoms with van der Waals surface area (Å²) in [5.41, 5.74) is 2.17. The number of nitrogens with zero attached hydrogens (tertiary/aromatic N) is 1. The highest BCUT2D eigenvalue weighted by Gasteiger charge is 2.42. The number of hydrogen-bond acceptors (Lipinski definition) is 3. The number of amides is 2. The zero-order valence-corrected chi connectivity index (χ0v) is 12.5. The lowest BCUT2D eigenvalue weighted by Crippen LogP contribution is -2.40. The van der Waals surface area contributed by atoms with Crippen LogP contribution in [0.25, 0.3) is 0 Å². The van der Waals surface area contributed by atoms with Crippen LogP contribution in [0.2, 0.25) is 0 Å². The van der Waals surface area contributed by atoms with Gasteiger partial charge in [-0.05, 0) is 37.0 Å². The number of carbonyl (C=O) groups excluding carboxylic acids is 2. The van der Waals surface area contributed by atoms with Crippen LogP contribution in [0.1, 0.15) is 44.6 Å². The molecule has 1 N–H and O–H groups in total. The van der Waals surface area contributed by atoms with E-state index in [1.54, 1.807) is 0 Å². The van der Waals surface area contributed by atoms with Gasteiger partial charge in [0.1, 0.15) is 6.04 Å². The summed E-state index contributed by atoms with van der Waals surface area (Å²) in [6.45, 7) is 2.11. The minimum atomic E-state index is -0.398. The maximum Gasteiger partial charge on any atom is 0.252 e. The van der Waals surface area contributed by atoms with Crippen LogP contribution in [0.15, 0.2) is 24.3 Å². The fourth-order valence-electron chi connectivity index (χ4n) is 3.35. The second kappa shape index (κ2) is 5.88. The quantitative estimate of drug-likeness (QED) is 0.866. The number of nitrogens with one attached hydrogen (secondary N) is 1. The summed E-state index contributed by atoms with van der Waals surface area (Å²) in [6, 6.07) is 7.81. The van der Waals surface area contributed by atoms with E-state index in [9.17, 15) is 9.59 Å². The lowest BCUT2D eigenvalue weighted by molar-refractivity contribution is -0.141. The highest BCUT2D eigenvalue weighted by atomic mass is 16.2. The molecule has 4 heteroatoms. The van der Waals surface area contributed by atoms with Gasteiger partial charge in [-0.3, -0.25) is 14.5 Å². The first-order valence-corrected chi connectivity index (χ1v) is 7.90. The van der Waals surface area contributed by atoms with E-state index in [1.807, 2.05) is 12.1 Å².